The van der Waals surface area contributed by atoms with Crippen LogP contribution in [-0.4, -0.2) is 38.4 Å². The number of hydrogen-bond donors (Lipinski definition) is 1. The lowest BCUT2D eigenvalue weighted by Crippen LogP contribution is -2.44. The van der Waals surface area contributed by atoms with Crippen LogP contribution in [0.4, 0.5) is 4.79 Å². The second kappa shape index (κ2) is 8.92. The van der Waals surface area contributed by atoms with Crippen LogP contribution in [0.5, 0.6) is 0 Å². The van der Waals surface area contributed by atoms with Crippen molar-refractivity contribution in [2.75, 3.05) is 20.3 Å². The average molecular weight is 281 g/mol. The summed E-state index contributed by atoms with van der Waals surface area (Å²) in [5, 5.41) is 2.41. The molecule has 1 amide bonds. The third-order valence-electron chi connectivity index (χ3n) is 2.48. The van der Waals surface area contributed by atoms with Crippen molar-refractivity contribution in [1.29, 1.82) is 0 Å². The van der Waals surface area contributed by atoms with E-state index < -0.39 is 18.1 Å². The largest absolute Gasteiger partial charge is 0.467 e. The maximum Gasteiger partial charge on any atom is 0.408 e. The minimum Gasteiger partial charge on any atom is -0.467 e. The molecule has 0 bridgehead atoms. The zero-order chi connectivity index (χ0) is 14.8. The van der Waals surface area contributed by atoms with E-state index in [0.717, 1.165) is 5.56 Å². The molecule has 0 heterocycles. The molecule has 0 aliphatic carbocycles. The summed E-state index contributed by atoms with van der Waals surface area (Å²) in [6.07, 6.45) is -0.691. The first-order chi connectivity index (χ1) is 9.67. The minimum atomic E-state index is -0.872. The number of rotatable bonds is 7. The maximum absolute atomic E-state index is 11.6. The summed E-state index contributed by atoms with van der Waals surface area (Å²) in [6, 6.07) is 8.38. The van der Waals surface area contributed by atoms with Gasteiger partial charge in [0.1, 0.15) is 6.61 Å². The molecule has 110 valence electrons. The van der Waals surface area contributed by atoms with E-state index in [4.69, 9.17) is 9.47 Å². The van der Waals surface area contributed by atoms with Gasteiger partial charge in [-0.05, 0) is 12.5 Å². The number of nitrogens with one attached hydrogen (secondary N) is 1. The predicted octanol–water partition coefficient (Wildman–Crippen LogP) is 1.49. The molecule has 0 saturated carbocycles. The molecule has 20 heavy (non-hydrogen) atoms. The smallest absolute Gasteiger partial charge is 0.408 e. The van der Waals surface area contributed by atoms with Gasteiger partial charge in [-0.25, -0.2) is 9.59 Å². The monoisotopic (exact) mass is 281 g/mol. The molecule has 0 aliphatic rings. The lowest BCUT2D eigenvalue weighted by Gasteiger charge is -2.16. The Morgan fingerprint density at radius 2 is 1.95 bits per heavy atom. The second-order valence-corrected chi connectivity index (χ2v) is 3.94. The highest BCUT2D eigenvalue weighted by molar-refractivity contribution is 5.81. The predicted molar refractivity (Wildman–Crippen MR) is 72.1 cm³/mol. The standard InChI is InChI=1S/C14H19NO5/c1-3-19-10-12(13(16)18-2)15-14(17)20-9-11-7-5-4-6-8-11/h4-8,12H,3,9-10H2,1-2H3,(H,15,17). The van der Waals surface area contributed by atoms with Gasteiger partial charge in [0.25, 0.3) is 0 Å². The van der Waals surface area contributed by atoms with Gasteiger partial charge in [0.15, 0.2) is 6.04 Å². The Hall–Kier alpha value is -2.08. The van der Waals surface area contributed by atoms with Crippen LogP contribution in [0.25, 0.3) is 0 Å². The molecule has 1 N–H and O–H groups in total. The van der Waals surface area contributed by atoms with Crippen molar-refractivity contribution in [3.05, 3.63) is 35.9 Å². The van der Waals surface area contributed by atoms with Gasteiger partial charge in [-0.3, -0.25) is 0 Å². The molecule has 0 fully saturated rings. The Labute approximate surface area is 118 Å². The molecule has 0 radical (unpaired) electrons. The Morgan fingerprint density at radius 1 is 1.25 bits per heavy atom. The fraction of sp³-hybridized carbons (Fsp3) is 0.429. The molecule has 1 aromatic rings. The first kappa shape index (κ1) is 16.0. The number of ether oxygens (including phenoxy) is 3. The average Bonchev–Trinajstić information content (AvgIpc) is 2.49. The van der Waals surface area contributed by atoms with Crippen molar-refractivity contribution < 1.29 is 23.8 Å². The summed E-state index contributed by atoms with van der Waals surface area (Å²) in [6.45, 7) is 2.41. The van der Waals surface area contributed by atoms with E-state index in [1.165, 1.54) is 7.11 Å². The van der Waals surface area contributed by atoms with Crippen molar-refractivity contribution in [3.8, 4) is 0 Å². The van der Waals surface area contributed by atoms with Crippen LogP contribution in [-0.2, 0) is 25.6 Å². The molecular weight excluding hydrogens is 262 g/mol. The van der Waals surface area contributed by atoms with Gasteiger partial charge in [-0.2, -0.15) is 0 Å². The fourth-order valence-corrected chi connectivity index (χ4v) is 1.45. The molecule has 0 aliphatic heterocycles. The maximum atomic E-state index is 11.6. The number of esters is 1. The molecule has 1 rings (SSSR count). The molecule has 0 spiro atoms. The molecule has 6 nitrogen and oxygen atoms in total. The fourth-order valence-electron chi connectivity index (χ4n) is 1.45. The number of carbonyl (C=O) groups is 2. The number of benzene rings is 1. The number of alkyl carbamates (subject to hydrolysis) is 1. The number of amides is 1. The zero-order valence-corrected chi connectivity index (χ0v) is 11.6. The van der Waals surface area contributed by atoms with Gasteiger partial charge < -0.3 is 19.5 Å². The summed E-state index contributed by atoms with van der Waals surface area (Å²) >= 11 is 0. The summed E-state index contributed by atoms with van der Waals surface area (Å²) in [5.74, 6) is -0.574. The Bertz CT molecular complexity index is 421. The quantitative estimate of drug-likeness (QED) is 0.766. The van der Waals surface area contributed by atoms with E-state index >= 15 is 0 Å². The van der Waals surface area contributed by atoms with Crippen molar-refractivity contribution in [2.45, 2.75) is 19.6 Å². The van der Waals surface area contributed by atoms with Crippen molar-refractivity contribution in [3.63, 3.8) is 0 Å². The molecule has 1 unspecified atom stereocenters. The third-order valence-corrected chi connectivity index (χ3v) is 2.48. The van der Waals surface area contributed by atoms with Gasteiger partial charge in [-0.15, -0.1) is 0 Å². The summed E-state index contributed by atoms with van der Waals surface area (Å²) in [4.78, 5) is 23.1. The van der Waals surface area contributed by atoms with Crippen LogP contribution in [0.15, 0.2) is 30.3 Å². The van der Waals surface area contributed by atoms with Gasteiger partial charge in [0, 0.05) is 6.61 Å². The lowest BCUT2D eigenvalue weighted by atomic mass is 10.2. The van der Waals surface area contributed by atoms with Gasteiger partial charge in [-0.1, -0.05) is 30.3 Å². The van der Waals surface area contributed by atoms with Gasteiger partial charge in [0.2, 0.25) is 0 Å². The SMILES string of the molecule is CCOCC(NC(=O)OCc1ccccc1)C(=O)OC. The first-order valence-electron chi connectivity index (χ1n) is 6.30. The van der Waals surface area contributed by atoms with Crippen LogP contribution >= 0.6 is 0 Å². The molecule has 6 heteroatoms. The van der Waals surface area contributed by atoms with E-state index in [-0.39, 0.29) is 13.2 Å². The number of carbonyl (C=O) groups excluding carboxylic acids is 2. The number of hydrogen-bond acceptors (Lipinski definition) is 5. The lowest BCUT2D eigenvalue weighted by molar-refractivity contribution is -0.144. The summed E-state index contributed by atoms with van der Waals surface area (Å²) < 4.78 is 14.7. The molecular formula is C14H19NO5. The van der Waals surface area contributed by atoms with E-state index in [2.05, 4.69) is 10.1 Å². The van der Waals surface area contributed by atoms with Crippen LogP contribution < -0.4 is 5.32 Å². The highest BCUT2D eigenvalue weighted by atomic mass is 16.6. The van der Waals surface area contributed by atoms with Gasteiger partial charge >= 0.3 is 12.1 Å². The van der Waals surface area contributed by atoms with Crippen molar-refractivity contribution >= 4 is 12.1 Å². The van der Waals surface area contributed by atoms with Crippen molar-refractivity contribution in [2.24, 2.45) is 0 Å². The Kier molecular flexibility index (Phi) is 7.13. The van der Waals surface area contributed by atoms with Crippen LogP contribution in [0.2, 0.25) is 0 Å². The normalized spacial score (nSPS) is 11.5. The van der Waals surface area contributed by atoms with Crippen LogP contribution in [0.1, 0.15) is 12.5 Å². The van der Waals surface area contributed by atoms with E-state index in [1.807, 2.05) is 30.3 Å². The van der Waals surface area contributed by atoms with Crippen molar-refractivity contribution in [1.82, 2.24) is 5.32 Å². The van der Waals surface area contributed by atoms with Crippen LogP contribution in [0, 0.1) is 0 Å². The molecule has 1 atom stereocenters. The molecule has 0 saturated heterocycles. The highest BCUT2D eigenvalue weighted by Crippen LogP contribution is 2.01. The Balaban J connectivity index is 2.43. The Morgan fingerprint density at radius 3 is 2.55 bits per heavy atom. The first-order valence-corrected chi connectivity index (χ1v) is 6.30. The van der Waals surface area contributed by atoms with Gasteiger partial charge in [0.05, 0.1) is 13.7 Å². The second-order valence-electron chi connectivity index (χ2n) is 3.94. The topological polar surface area (TPSA) is 73.9 Å². The van der Waals surface area contributed by atoms with E-state index in [9.17, 15) is 9.59 Å². The molecule has 1 aromatic carbocycles. The summed E-state index contributed by atoms with van der Waals surface area (Å²) in [5.41, 5.74) is 0.863. The van der Waals surface area contributed by atoms with E-state index in [1.54, 1.807) is 6.92 Å². The zero-order valence-electron chi connectivity index (χ0n) is 11.6. The minimum absolute atomic E-state index is 0.0452. The highest BCUT2D eigenvalue weighted by Gasteiger charge is 2.22. The van der Waals surface area contributed by atoms with E-state index in [0.29, 0.717) is 6.61 Å². The molecule has 0 aromatic heterocycles. The number of methoxy groups -OCH3 is 1. The summed E-state index contributed by atoms with van der Waals surface area (Å²) in [7, 11) is 1.25. The van der Waals surface area contributed by atoms with Crippen LogP contribution in [0.3, 0.4) is 0 Å². The third kappa shape index (κ3) is 5.71.